The molecule has 0 saturated carbocycles. The summed E-state index contributed by atoms with van der Waals surface area (Å²) < 4.78 is 24.5. The third-order valence-corrected chi connectivity index (χ3v) is 2.10. The summed E-state index contributed by atoms with van der Waals surface area (Å²) in [6, 6.07) is 10.1. The second kappa shape index (κ2) is 6.06. The molecule has 0 aromatic heterocycles. The molecule has 90 valence electrons. The van der Waals surface area contributed by atoms with Gasteiger partial charge in [0.1, 0.15) is 28.2 Å². The fraction of sp³-hybridized carbons (Fsp3) is 0. The van der Waals surface area contributed by atoms with Crippen LogP contribution in [0, 0.1) is 11.6 Å². The zero-order chi connectivity index (χ0) is 12.8. The number of para-hydroxylation sites is 1. The van der Waals surface area contributed by atoms with Gasteiger partial charge in [-0.05, 0) is 12.1 Å². The molecule has 2 N–H and O–H groups in total. The standard InChI is InChI=1S/C6H3ClF2O.C6H6O/c7-6-4(9)1-3(8)2-5(6)10;7-6-4-2-1-3-5-6/h1-2,10H;1-5,7H. The first-order valence-electron chi connectivity index (χ1n) is 4.58. The van der Waals surface area contributed by atoms with Crippen molar-refractivity contribution in [2.75, 3.05) is 0 Å². The van der Waals surface area contributed by atoms with Crippen molar-refractivity contribution in [2.24, 2.45) is 0 Å². The van der Waals surface area contributed by atoms with Crippen LogP contribution in [0.25, 0.3) is 0 Å². The van der Waals surface area contributed by atoms with Crippen molar-refractivity contribution in [2.45, 2.75) is 0 Å². The van der Waals surface area contributed by atoms with Gasteiger partial charge in [0, 0.05) is 12.1 Å². The van der Waals surface area contributed by atoms with Gasteiger partial charge in [-0.25, -0.2) is 8.78 Å². The van der Waals surface area contributed by atoms with Crippen molar-refractivity contribution in [1.29, 1.82) is 0 Å². The van der Waals surface area contributed by atoms with Crippen molar-refractivity contribution in [3.05, 3.63) is 59.1 Å². The van der Waals surface area contributed by atoms with E-state index < -0.39 is 22.4 Å². The Morgan fingerprint density at radius 1 is 0.941 bits per heavy atom. The van der Waals surface area contributed by atoms with Crippen LogP contribution in [-0.2, 0) is 0 Å². The SMILES string of the molecule is Oc1cc(F)cc(F)c1Cl.Oc1ccccc1. The maximum atomic E-state index is 12.3. The molecule has 2 aromatic carbocycles. The van der Waals surface area contributed by atoms with Crippen LogP contribution in [0.4, 0.5) is 8.78 Å². The average molecular weight is 259 g/mol. The molecule has 0 aliphatic rings. The van der Waals surface area contributed by atoms with E-state index in [2.05, 4.69) is 0 Å². The van der Waals surface area contributed by atoms with Gasteiger partial charge >= 0.3 is 0 Å². The molecular weight excluding hydrogens is 250 g/mol. The molecule has 2 nitrogen and oxygen atoms in total. The Morgan fingerprint density at radius 2 is 1.53 bits per heavy atom. The molecule has 0 atom stereocenters. The molecule has 0 amide bonds. The summed E-state index contributed by atoms with van der Waals surface area (Å²) >= 11 is 5.16. The zero-order valence-electron chi connectivity index (χ0n) is 8.57. The Morgan fingerprint density at radius 3 is 1.94 bits per heavy atom. The maximum Gasteiger partial charge on any atom is 0.148 e. The van der Waals surface area contributed by atoms with E-state index in [1.807, 2.05) is 6.07 Å². The van der Waals surface area contributed by atoms with Gasteiger partial charge in [0.15, 0.2) is 0 Å². The molecule has 0 fully saturated rings. The van der Waals surface area contributed by atoms with E-state index in [1.165, 1.54) is 0 Å². The van der Waals surface area contributed by atoms with Crippen LogP contribution < -0.4 is 0 Å². The molecule has 5 heteroatoms. The van der Waals surface area contributed by atoms with Crippen molar-refractivity contribution in [3.8, 4) is 11.5 Å². The molecule has 0 bridgehead atoms. The van der Waals surface area contributed by atoms with Crippen LogP contribution in [0.3, 0.4) is 0 Å². The van der Waals surface area contributed by atoms with E-state index in [1.54, 1.807) is 24.3 Å². The van der Waals surface area contributed by atoms with Crippen molar-refractivity contribution < 1.29 is 19.0 Å². The van der Waals surface area contributed by atoms with Gasteiger partial charge in [0.2, 0.25) is 0 Å². The van der Waals surface area contributed by atoms with Crippen LogP contribution in [0.1, 0.15) is 0 Å². The van der Waals surface area contributed by atoms with E-state index in [-0.39, 0.29) is 0 Å². The van der Waals surface area contributed by atoms with Crippen LogP contribution in [0.15, 0.2) is 42.5 Å². The van der Waals surface area contributed by atoms with Crippen molar-refractivity contribution >= 4 is 11.6 Å². The Kier molecular flexibility index (Phi) is 4.72. The first-order valence-corrected chi connectivity index (χ1v) is 4.96. The summed E-state index contributed by atoms with van der Waals surface area (Å²) in [4.78, 5) is 0. The quantitative estimate of drug-likeness (QED) is 0.707. The topological polar surface area (TPSA) is 40.5 Å². The molecule has 2 rings (SSSR count). The number of aromatic hydroxyl groups is 2. The molecule has 0 radical (unpaired) electrons. The fourth-order valence-electron chi connectivity index (χ4n) is 0.970. The molecule has 0 heterocycles. The Bertz CT molecular complexity index is 466. The summed E-state index contributed by atoms with van der Waals surface area (Å²) in [5, 5.41) is 16.8. The molecule has 0 spiro atoms. The summed E-state index contributed by atoms with van der Waals surface area (Å²) in [6.07, 6.45) is 0. The summed E-state index contributed by atoms with van der Waals surface area (Å²) in [6.45, 7) is 0. The molecule has 0 saturated heterocycles. The molecule has 0 unspecified atom stereocenters. The first-order chi connectivity index (χ1) is 8.00. The smallest absolute Gasteiger partial charge is 0.148 e. The average Bonchev–Trinajstić information content (AvgIpc) is 2.27. The van der Waals surface area contributed by atoms with E-state index in [4.69, 9.17) is 21.8 Å². The van der Waals surface area contributed by atoms with E-state index in [9.17, 15) is 8.78 Å². The highest BCUT2D eigenvalue weighted by Gasteiger charge is 2.06. The number of rotatable bonds is 0. The predicted octanol–water partition coefficient (Wildman–Crippen LogP) is 3.72. The lowest BCUT2D eigenvalue weighted by Crippen LogP contribution is -1.80. The number of hydrogen-bond donors (Lipinski definition) is 2. The van der Waals surface area contributed by atoms with Crippen LogP contribution >= 0.6 is 11.6 Å². The zero-order valence-corrected chi connectivity index (χ0v) is 9.33. The minimum atomic E-state index is -0.959. The van der Waals surface area contributed by atoms with Gasteiger partial charge in [0.05, 0.1) is 0 Å². The van der Waals surface area contributed by atoms with Crippen LogP contribution in [-0.4, -0.2) is 10.2 Å². The summed E-state index contributed by atoms with van der Waals surface area (Å²) in [5.41, 5.74) is 0. The number of phenols is 2. The summed E-state index contributed by atoms with van der Waals surface area (Å²) in [5.74, 6) is -2.07. The van der Waals surface area contributed by atoms with Crippen LogP contribution in [0.2, 0.25) is 5.02 Å². The third kappa shape index (κ3) is 4.28. The van der Waals surface area contributed by atoms with Gasteiger partial charge in [-0.2, -0.15) is 0 Å². The number of benzene rings is 2. The minimum absolute atomic E-state index is 0.322. The Labute approximate surface area is 102 Å². The van der Waals surface area contributed by atoms with E-state index in [0.29, 0.717) is 11.8 Å². The predicted molar refractivity (Wildman–Crippen MR) is 61.1 cm³/mol. The van der Waals surface area contributed by atoms with E-state index in [0.717, 1.165) is 6.07 Å². The first kappa shape index (κ1) is 13.3. The van der Waals surface area contributed by atoms with Gasteiger partial charge in [-0.3, -0.25) is 0 Å². The maximum absolute atomic E-state index is 12.3. The van der Waals surface area contributed by atoms with E-state index >= 15 is 0 Å². The fourth-order valence-corrected chi connectivity index (χ4v) is 1.08. The van der Waals surface area contributed by atoms with Gasteiger partial charge < -0.3 is 10.2 Å². The lowest BCUT2D eigenvalue weighted by Gasteiger charge is -1.96. The number of phenolic OH excluding ortho intramolecular Hbond substituents is 2. The number of halogens is 3. The second-order valence-electron chi connectivity index (χ2n) is 3.06. The van der Waals surface area contributed by atoms with Gasteiger partial charge in [0.25, 0.3) is 0 Å². The normalized spacial score (nSPS) is 9.35. The van der Waals surface area contributed by atoms with Gasteiger partial charge in [-0.15, -0.1) is 0 Å². The molecular formula is C12H9ClF2O2. The molecule has 0 aliphatic heterocycles. The lowest BCUT2D eigenvalue weighted by molar-refractivity contribution is 0.461. The highest BCUT2D eigenvalue weighted by atomic mass is 35.5. The second-order valence-corrected chi connectivity index (χ2v) is 3.43. The highest BCUT2D eigenvalue weighted by molar-refractivity contribution is 6.32. The molecule has 2 aromatic rings. The Balaban J connectivity index is 0.000000181. The Hall–Kier alpha value is -1.81. The van der Waals surface area contributed by atoms with Crippen molar-refractivity contribution in [3.63, 3.8) is 0 Å². The lowest BCUT2D eigenvalue weighted by atomic mass is 10.3. The molecule has 0 aliphatic carbocycles. The summed E-state index contributed by atoms with van der Waals surface area (Å²) in [7, 11) is 0. The monoisotopic (exact) mass is 258 g/mol. The minimum Gasteiger partial charge on any atom is -0.508 e. The third-order valence-electron chi connectivity index (χ3n) is 1.73. The largest absolute Gasteiger partial charge is 0.508 e. The van der Waals surface area contributed by atoms with Crippen LogP contribution in [0.5, 0.6) is 11.5 Å². The molecule has 17 heavy (non-hydrogen) atoms. The van der Waals surface area contributed by atoms with Gasteiger partial charge in [-0.1, -0.05) is 29.8 Å². The number of hydrogen-bond acceptors (Lipinski definition) is 2. The highest BCUT2D eigenvalue weighted by Crippen LogP contribution is 2.26. The van der Waals surface area contributed by atoms with Crippen molar-refractivity contribution in [1.82, 2.24) is 0 Å².